The molecule has 2 heterocycles. The predicted octanol–water partition coefficient (Wildman–Crippen LogP) is 2.56. The van der Waals surface area contributed by atoms with Crippen LogP contribution < -0.4 is 4.74 Å². The zero-order valence-corrected chi connectivity index (χ0v) is 11.1. The van der Waals surface area contributed by atoms with E-state index in [1.807, 2.05) is 24.3 Å². The van der Waals surface area contributed by atoms with E-state index >= 15 is 0 Å². The average molecular weight is 305 g/mol. The summed E-state index contributed by atoms with van der Waals surface area (Å²) >= 11 is 3.30. The maximum atomic E-state index is 5.31. The van der Waals surface area contributed by atoms with E-state index in [0.29, 0.717) is 16.1 Å². The van der Waals surface area contributed by atoms with Crippen LogP contribution in [-0.4, -0.2) is 26.7 Å². The van der Waals surface area contributed by atoms with Gasteiger partial charge < -0.3 is 4.74 Å². The molecule has 0 aliphatic carbocycles. The summed E-state index contributed by atoms with van der Waals surface area (Å²) in [6.45, 7) is 0. The Balaban J connectivity index is 2.19. The number of nitrogens with zero attached hydrogens (tertiary/aromatic N) is 4. The first-order chi connectivity index (χ1) is 8.78. The first-order valence-electron chi connectivity index (χ1n) is 5.29. The molecule has 90 valence electrons. The van der Waals surface area contributed by atoms with Crippen molar-refractivity contribution >= 4 is 21.6 Å². The van der Waals surface area contributed by atoms with Crippen molar-refractivity contribution in [2.75, 3.05) is 7.11 Å². The van der Waals surface area contributed by atoms with Crippen LogP contribution in [0.15, 0.2) is 41.3 Å². The Morgan fingerprint density at radius 3 is 2.94 bits per heavy atom. The van der Waals surface area contributed by atoms with Gasteiger partial charge >= 0.3 is 0 Å². The smallest absolute Gasteiger partial charge is 0.185 e. The van der Waals surface area contributed by atoms with E-state index < -0.39 is 0 Å². The third-order valence-electron chi connectivity index (χ3n) is 2.54. The number of rotatable bonds is 2. The first-order valence-corrected chi connectivity index (χ1v) is 6.08. The first kappa shape index (κ1) is 11.2. The lowest BCUT2D eigenvalue weighted by atomic mass is 10.2. The Morgan fingerprint density at radius 1 is 1.28 bits per heavy atom. The van der Waals surface area contributed by atoms with Gasteiger partial charge in [0, 0.05) is 0 Å². The zero-order valence-electron chi connectivity index (χ0n) is 9.54. The van der Waals surface area contributed by atoms with E-state index in [9.17, 15) is 0 Å². The standard InChI is InChI=1S/C12H9BrN4O/c1-18-9-5-3-2-4-8(9)12-15-11-6-14-10(13)7-17(11)16-12/h2-7H,1H3. The Hall–Kier alpha value is -1.95. The minimum atomic E-state index is 0.618. The number of para-hydroxylation sites is 1. The van der Waals surface area contributed by atoms with E-state index in [4.69, 9.17) is 4.74 Å². The average Bonchev–Trinajstić information content (AvgIpc) is 2.81. The summed E-state index contributed by atoms with van der Waals surface area (Å²) in [6.07, 6.45) is 3.43. The van der Waals surface area contributed by atoms with Crippen LogP contribution in [0.5, 0.6) is 5.75 Å². The molecule has 0 aliphatic rings. The Labute approximate surface area is 112 Å². The van der Waals surface area contributed by atoms with E-state index in [0.717, 1.165) is 11.3 Å². The number of benzene rings is 1. The van der Waals surface area contributed by atoms with E-state index in [-0.39, 0.29) is 0 Å². The van der Waals surface area contributed by atoms with Crippen LogP contribution in [0.4, 0.5) is 0 Å². The summed E-state index contributed by atoms with van der Waals surface area (Å²) in [4.78, 5) is 8.54. The van der Waals surface area contributed by atoms with Gasteiger partial charge in [-0.15, -0.1) is 5.10 Å². The third-order valence-corrected chi connectivity index (χ3v) is 2.95. The van der Waals surface area contributed by atoms with Crippen molar-refractivity contribution in [1.29, 1.82) is 0 Å². The fourth-order valence-electron chi connectivity index (χ4n) is 1.72. The van der Waals surface area contributed by atoms with Crippen LogP contribution in [0, 0.1) is 0 Å². The maximum absolute atomic E-state index is 5.31. The summed E-state index contributed by atoms with van der Waals surface area (Å²) in [7, 11) is 1.63. The molecule has 0 saturated heterocycles. The van der Waals surface area contributed by atoms with Gasteiger partial charge in [-0.2, -0.15) is 0 Å². The van der Waals surface area contributed by atoms with Crippen molar-refractivity contribution in [3.63, 3.8) is 0 Å². The van der Waals surface area contributed by atoms with Gasteiger partial charge in [-0.1, -0.05) is 12.1 Å². The van der Waals surface area contributed by atoms with Crippen molar-refractivity contribution in [2.45, 2.75) is 0 Å². The summed E-state index contributed by atoms with van der Waals surface area (Å²) in [6, 6.07) is 7.65. The minimum Gasteiger partial charge on any atom is -0.496 e. The molecule has 0 radical (unpaired) electrons. The molecule has 2 aromatic heterocycles. The molecule has 0 bridgehead atoms. The lowest BCUT2D eigenvalue weighted by Crippen LogP contribution is -1.90. The zero-order chi connectivity index (χ0) is 12.5. The molecule has 18 heavy (non-hydrogen) atoms. The topological polar surface area (TPSA) is 52.3 Å². The fraction of sp³-hybridized carbons (Fsp3) is 0.0833. The quantitative estimate of drug-likeness (QED) is 0.730. The van der Waals surface area contributed by atoms with Crippen molar-refractivity contribution in [3.8, 4) is 17.1 Å². The molecule has 3 rings (SSSR count). The summed E-state index contributed by atoms with van der Waals surface area (Å²) < 4.78 is 7.70. The fourth-order valence-corrected chi connectivity index (χ4v) is 2.01. The van der Waals surface area contributed by atoms with Crippen LogP contribution in [-0.2, 0) is 0 Å². The highest BCUT2D eigenvalue weighted by atomic mass is 79.9. The molecule has 0 aliphatic heterocycles. The molecule has 0 unspecified atom stereocenters. The van der Waals surface area contributed by atoms with Crippen molar-refractivity contribution < 1.29 is 4.74 Å². The maximum Gasteiger partial charge on any atom is 0.185 e. The van der Waals surface area contributed by atoms with E-state index in [1.165, 1.54) is 0 Å². The highest BCUT2D eigenvalue weighted by Crippen LogP contribution is 2.27. The lowest BCUT2D eigenvalue weighted by Gasteiger charge is -2.03. The highest BCUT2D eigenvalue weighted by molar-refractivity contribution is 9.10. The summed E-state index contributed by atoms with van der Waals surface area (Å²) in [5, 5.41) is 4.41. The van der Waals surface area contributed by atoms with Gasteiger partial charge in [0.25, 0.3) is 0 Å². The van der Waals surface area contributed by atoms with Gasteiger partial charge in [0.15, 0.2) is 11.5 Å². The van der Waals surface area contributed by atoms with Gasteiger partial charge in [0.1, 0.15) is 10.4 Å². The normalized spacial score (nSPS) is 10.8. The van der Waals surface area contributed by atoms with Crippen molar-refractivity contribution in [3.05, 3.63) is 41.3 Å². The molecule has 3 aromatic rings. The molecule has 0 fully saturated rings. The van der Waals surface area contributed by atoms with Crippen LogP contribution in [0.1, 0.15) is 0 Å². The van der Waals surface area contributed by atoms with E-state index in [2.05, 4.69) is 31.0 Å². The second-order valence-electron chi connectivity index (χ2n) is 3.65. The molecule has 1 aromatic carbocycles. The molecule has 0 N–H and O–H groups in total. The molecule has 0 atom stereocenters. The van der Waals surface area contributed by atoms with Crippen molar-refractivity contribution in [1.82, 2.24) is 19.6 Å². The molecular formula is C12H9BrN4O. The molecule has 6 heteroatoms. The van der Waals surface area contributed by atoms with Crippen molar-refractivity contribution in [2.24, 2.45) is 0 Å². The van der Waals surface area contributed by atoms with Gasteiger partial charge in [0.2, 0.25) is 0 Å². The number of aromatic nitrogens is 4. The van der Waals surface area contributed by atoms with Gasteiger partial charge in [-0.25, -0.2) is 14.5 Å². The Bertz CT molecular complexity index is 710. The molecule has 0 spiro atoms. The van der Waals surface area contributed by atoms with Crippen LogP contribution in [0.3, 0.4) is 0 Å². The highest BCUT2D eigenvalue weighted by Gasteiger charge is 2.11. The number of halogens is 1. The lowest BCUT2D eigenvalue weighted by molar-refractivity contribution is 0.416. The van der Waals surface area contributed by atoms with Gasteiger partial charge in [-0.05, 0) is 28.1 Å². The van der Waals surface area contributed by atoms with Crippen LogP contribution >= 0.6 is 15.9 Å². The number of methoxy groups -OCH3 is 1. The number of ether oxygens (including phenoxy) is 1. The Kier molecular flexibility index (Phi) is 2.71. The number of hydrogen-bond acceptors (Lipinski definition) is 4. The summed E-state index contributed by atoms with van der Waals surface area (Å²) in [5.74, 6) is 1.37. The van der Waals surface area contributed by atoms with Crippen LogP contribution in [0.2, 0.25) is 0 Å². The van der Waals surface area contributed by atoms with Gasteiger partial charge in [0.05, 0.1) is 25.1 Å². The number of hydrogen-bond donors (Lipinski definition) is 0. The summed E-state index contributed by atoms with van der Waals surface area (Å²) in [5.41, 5.74) is 1.55. The van der Waals surface area contributed by atoms with E-state index in [1.54, 1.807) is 24.0 Å². The van der Waals surface area contributed by atoms with Gasteiger partial charge in [-0.3, -0.25) is 0 Å². The SMILES string of the molecule is COc1ccccc1-c1nc2cnc(Br)cn2n1. The number of fused-ring (bicyclic) bond motifs is 1. The molecule has 0 amide bonds. The minimum absolute atomic E-state index is 0.618. The second-order valence-corrected chi connectivity index (χ2v) is 4.46. The molecular weight excluding hydrogens is 296 g/mol. The Morgan fingerprint density at radius 2 is 2.11 bits per heavy atom. The third kappa shape index (κ3) is 1.84. The van der Waals surface area contributed by atoms with Crippen LogP contribution in [0.25, 0.3) is 17.0 Å². The second kappa shape index (κ2) is 4.38. The molecule has 0 saturated carbocycles. The largest absolute Gasteiger partial charge is 0.496 e. The predicted molar refractivity (Wildman–Crippen MR) is 70.5 cm³/mol. The monoisotopic (exact) mass is 304 g/mol. The molecule has 5 nitrogen and oxygen atoms in total.